The van der Waals surface area contributed by atoms with E-state index in [1.54, 1.807) is 24.3 Å². The summed E-state index contributed by atoms with van der Waals surface area (Å²) >= 11 is 0. The van der Waals surface area contributed by atoms with Gasteiger partial charge in [-0.3, -0.25) is 9.59 Å². The fourth-order valence-corrected chi connectivity index (χ4v) is 2.03. The minimum absolute atomic E-state index is 0.176. The number of benzene rings is 1. The zero-order valence-electron chi connectivity index (χ0n) is 12.2. The molecule has 1 aromatic heterocycles. The normalized spacial score (nSPS) is 11.7. The number of aryl methyl sites for hydroxylation is 1. The second-order valence-corrected chi connectivity index (χ2v) is 4.82. The van der Waals surface area contributed by atoms with E-state index in [0.717, 1.165) is 5.56 Å². The predicted molar refractivity (Wildman–Crippen MR) is 80.2 cm³/mol. The van der Waals surface area contributed by atoms with E-state index in [1.165, 1.54) is 6.26 Å². The van der Waals surface area contributed by atoms with Gasteiger partial charge in [-0.2, -0.15) is 0 Å². The third-order valence-electron chi connectivity index (χ3n) is 3.20. The molecule has 6 heteroatoms. The van der Waals surface area contributed by atoms with Crippen molar-refractivity contribution in [1.29, 1.82) is 0 Å². The fraction of sp³-hybridized carbons (Fsp3) is 0.250. The van der Waals surface area contributed by atoms with Crippen LogP contribution in [-0.4, -0.2) is 30.1 Å². The summed E-state index contributed by atoms with van der Waals surface area (Å²) in [7, 11) is 0. The van der Waals surface area contributed by atoms with E-state index in [0.29, 0.717) is 11.3 Å². The summed E-state index contributed by atoms with van der Waals surface area (Å²) in [6.07, 6.45) is 1.46. The van der Waals surface area contributed by atoms with Crippen molar-refractivity contribution in [2.24, 2.45) is 0 Å². The van der Waals surface area contributed by atoms with Gasteiger partial charge in [-0.15, -0.1) is 0 Å². The molecule has 2 amide bonds. The van der Waals surface area contributed by atoms with Crippen molar-refractivity contribution in [3.63, 3.8) is 0 Å². The van der Waals surface area contributed by atoms with E-state index >= 15 is 0 Å². The highest BCUT2D eigenvalue weighted by atomic mass is 16.3. The lowest BCUT2D eigenvalue weighted by molar-refractivity contribution is -0.121. The molecule has 22 heavy (non-hydrogen) atoms. The van der Waals surface area contributed by atoms with Crippen LogP contribution in [0.4, 0.5) is 0 Å². The molecule has 0 aliphatic rings. The van der Waals surface area contributed by atoms with Crippen LogP contribution < -0.4 is 10.6 Å². The van der Waals surface area contributed by atoms with Crippen molar-refractivity contribution >= 4 is 11.8 Å². The number of rotatable bonds is 6. The van der Waals surface area contributed by atoms with Crippen molar-refractivity contribution in [2.45, 2.75) is 13.0 Å². The van der Waals surface area contributed by atoms with Crippen LogP contribution in [0.1, 0.15) is 27.7 Å². The smallest absolute Gasteiger partial charge is 0.251 e. The zero-order chi connectivity index (χ0) is 15.9. The highest BCUT2D eigenvalue weighted by Crippen LogP contribution is 2.12. The molecule has 1 atom stereocenters. The quantitative estimate of drug-likeness (QED) is 0.747. The molecule has 0 radical (unpaired) electrons. The Morgan fingerprint density at radius 3 is 2.64 bits per heavy atom. The van der Waals surface area contributed by atoms with Crippen LogP contribution in [0.15, 0.2) is 47.1 Å². The maximum Gasteiger partial charge on any atom is 0.251 e. The van der Waals surface area contributed by atoms with E-state index in [1.807, 2.05) is 19.1 Å². The van der Waals surface area contributed by atoms with E-state index in [-0.39, 0.29) is 19.1 Å². The number of hydrogen-bond donors (Lipinski definition) is 3. The molecule has 0 aliphatic carbocycles. The SMILES string of the molecule is Cc1ccccc1C(=O)NCC(=O)NC(CO)c1ccco1. The topological polar surface area (TPSA) is 91.6 Å². The summed E-state index contributed by atoms with van der Waals surface area (Å²) in [4.78, 5) is 23.8. The first-order valence-electron chi connectivity index (χ1n) is 6.89. The monoisotopic (exact) mass is 302 g/mol. The van der Waals surface area contributed by atoms with Crippen LogP contribution in [0, 0.1) is 6.92 Å². The highest BCUT2D eigenvalue weighted by Gasteiger charge is 2.17. The first-order chi connectivity index (χ1) is 10.6. The largest absolute Gasteiger partial charge is 0.467 e. The van der Waals surface area contributed by atoms with Crippen molar-refractivity contribution in [3.05, 3.63) is 59.5 Å². The number of nitrogens with one attached hydrogen (secondary N) is 2. The summed E-state index contributed by atoms with van der Waals surface area (Å²) in [5.74, 6) is -0.259. The molecule has 1 aromatic carbocycles. The third-order valence-corrected chi connectivity index (χ3v) is 3.20. The molecule has 0 spiro atoms. The molecule has 1 unspecified atom stereocenters. The van der Waals surface area contributed by atoms with Gasteiger partial charge in [0.25, 0.3) is 5.91 Å². The van der Waals surface area contributed by atoms with Gasteiger partial charge in [0.2, 0.25) is 5.91 Å². The molecular weight excluding hydrogens is 284 g/mol. The van der Waals surface area contributed by atoms with Gasteiger partial charge in [-0.05, 0) is 30.7 Å². The molecule has 0 aliphatic heterocycles. The number of amides is 2. The molecule has 0 saturated heterocycles. The molecule has 0 saturated carbocycles. The third kappa shape index (κ3) is 3.95. The standard InChI is InChI=1S/C16H18N2O4/c1-11-5-2-3-6-12(11)16(21)17-9-15(20)18-13(10-19)14-7-4-8-22-14/h2-8,13,19H,9-10H2,1H3,(H,17,21)(H,18,20). The average Bonchev–Trinajstić information content (AvgIpc) is 3.05. The van der Waals surface area contributed by atoms with Gasteiger partial charge >= 0.3 is 0 Å². The van der Waals surface area contributed by atoms with Gasteiger partial charge < -0.3 is 20.2 Å². The molecule has 2 aromatic rings. The first kappa shape index (κ1) is 15.8. The number of furan rings is 1. The lowest BCUT2D eigenvalue weighted by atomic mass is 10.1. The number of aliphatic hydroxyl groups is 1. The molecule has 0 fully saturated rings. The van der Waals surface area contributed by atoms with E-state index < -0.39 is 11.9 Å². The van der Waals surface area contributed by atoms with E-state index in [9.17, 15) is 14.7 Å². The molecule has 116 valence electrons. The summed E-state index contributed by atoms with van der Waals surface area (Å²) < 4.78 is 5.14. The lowest BCUT2D eigenvalue weighted by Crippen LogP contribution is -2.39. The molecule has 3 N–H and O–H groups in total. The van der Waals surface area contributed by atoms with Crippen LogP contribution in [0.25, 0.3) is 0 Å². The van der Waals surface area contributed by atoms with Gasteiger partial charge in [0.1, 0.15) is 11.8 Å². The van der Waals surface area contributed by atoms with Crippen LogP contribution in [0.2, 0.25) is 0 Å². The Labute approximate surface area is 128 Å². The first-order valence-corrected chi connectivity index (χ1v) is 6.89. The summed E-state index contributed by atoms with van der Waals surface area (Å²) in [6.45, 7) is 1.36. The molecule has 1 heterocycles. The van der Waals surface area contributed by atoms with Gasteiger partial charge in [-0.1, -0.05) is 18.2 Å². The zero-order valence-corrected chi connectivity index (χ0v) is 12.2. The predicted octanol–water partition coefficient (Wildman–Crippen LogP) is 1.17. The Kier molecular flexibility index (Phi) is 5.32. The van der Waals surface area contributed by atoms with E-state index in [2.05, 4.69) is 10.6 Å². The lowest BCUT2D eigenvalue weighted by Gasteiger charge is -2.14. The molecule has 6 nitrogen and oxygen atoms in total. The maximum absolute atomic E-state index is 12.0. The van der Waals surface area contributed by atoms with Crippen LogP contribution in [-0.2, 0) is 4.79 Å². The average molecular weight is 302 g/mol. The minimum atomic E-state index is -0.627. The number of hydrogen-bond acceptors (Lipinski definition) is 4. The summed E-state index contributed by atoms with van der Waals surface area (Å²) in [6, 6.07) is 9.83. The number of aliphatic hydroxyl groups excluding tert-OH is 1. The Morgan fingerprint density at radius 1 is 1.23 bits per heavy atom. The summed E-state index contributed by atoms with van der Waals surface area (Å²) in [5, 5.41) is 14.4. The Balaban J connectivity index is 1.87. The maximum atomic E-state index is 12.0. The van der Waals surface area contributed by atoms with Crippen molar-refractivity contribution < 1.29 is 19.1 Å². The van der Waals surface area contributed by atoms with Gasteiger partial charge in [0, 0.05) is 5.56 Å². The van der Waals surface area contributed by atoms with Crippen LogP contribution in [0.3, 0.4) is 0 Å². The van der Waals surface area contributed by atoms with Gasteiger partial charge in [0.15, 0.2) is 0 Å². The molecular formula is C16H18N2O4. The van der Waals surface area contributed by atoms with Crippen molar-refractivity contribution in [1.82, 2.24) is 10.6 Å². The number of carbonyl (C=O) groups excluding carboxylic acids is 2. The van der Waals surface area contributed by atoms with Crippen molar-refractivity contribution in [3.8, 4) is 0 Å². The summed E-state index contributed by atoms with van der Waals surface area (Å²) in [5.41, 5.74) is 1.37. The highest BCUT2D eigenvalue weighted by molar-refractivity contribution is 5.97. The minimum Gasteiger partial charge on any atom is -0.467 e. The van der Waals surface area contributed by atoms with E-state index in [4.69, 9.17) is 4.42 Å². The fourth-order valence-electron chi connectivity index (χ4n) is 2.03. The van der Waals surface area contributed by atoms with Crippen molar-refractivity contribution in [2.75, 3.05) is 13.2 Å². The van der Waals surface area contributed by atoms with Crippen LogP contribution in [0.5, 0.6) is 0 Å². The number of carbonyl (C=O) groups is 2. The van der Waals surface area contributed by atoms with Crippen LogP contribution >= 0.6 is 0 Å². The second-order valence-electron chi connectivity index (χ2n) is 4.82. The second kappa shape index (κ2) is 7.42. The Bertz CT molecular complexity index is 637. The molecule has 2 rings (SSSR count). The Morgan fingerprint density at radius 2 is 2.00 bits per heavy atom. The Hall–Kier alpha value is -2.60. The van der Waals surface area contributed by atoms with Gasteiger partial charge in [0.05, 0.1) is 19.4 Å². The van der Waals surface area contributed by atoms with Gasteiger partial charge in [-0.25, -0.2) is 0 Å². The molecule has 0 bridgehead atoms.